The highest BCUT2D eigenvalue weighted by Crippen LogP contribution is 2.58. The molecule has 1 saturated heterocycles. The average Bonchev–Trinajstić information content (AvgIpc) is 2.70. The van der Waals surface area contributed by atoms with Crippen molar-refractivity contribution in [3.8, 4) is 0 Å². The first-order valence-electron chi connectivity index (χ1n) is 5.12. The predicted molar refractivity (Wildman–Crippen MR) is 50.5 cm³/mol. The minimum Gasteiger partial charge on any atom is -0.366 e. The van der Waals surface area contributed by atoms with E-state index in [1.54, 1.807) is 0 Å². The molecular formula is C11H18O2. The standard InChI is InChI=1S/C11H18O2/c1-10(2)6-4-9-11(3,13-9)8(10)5-7-12/h7-9H,4-6H2,1-3H3/t8?,9-,11+/m0/s1. The lowest BCUT2D eigenvalue weighted by Gasteiger charge is -2.39. The van der Waals surface area contributed by atoms with E-state index in [2.05, 4.69) is 20.8 Å². The van der Waals surface area contributed by atoms with E-state index in [1.165, 1.54) is 12.8 Å². The van der Waals surface area contributed by atoms with Gasteiger partial charge in [-0.1, -0.05) is 13.8 Å². The van der Waals surface area contributed by atoms with Crippen molar-refractivity contribution in [3.63, 3.8) is 0 Å². The van der Waals surface area contributed by atoms with E-state index < -0.39 is 0 Å². The number of hydrogen-bond donors (Lipinski definition) is 0. The van der Waals surface area contributed by atoms with E-state index >= 15 is 0 Å². The van der Waals surface area contributed by atoms with Crippen LogP contribution in [0.4, 0.5) is 0 Å². The molecule has 1 heterocycles. The number of hydrogen-bond acceptors (Lipinski definition) is 2. The van der Waals surface area contributed by atoms with Crippen LogP contribution in [0.5, 0.6) is 0 Å². The van der Waals surface area contributed by atoms with Crippen LogP contribution in [0.1, 0.15) is 40.0 Å². The van der Waals surface area contributed by atoms with E-state index in [4.69, 9.17) is 4.74 Å². The number of fused-ring (bicyclic) bond motifs is 1. The Morgan fingerprint density at radius 1 is 1.46 bits per heavy atom. The summed E-state index contributed by atoms with van der Waals surface area (Å²) >= 11 is 0. The molecule has 0 aromatic heterocycles. The lowest BCUT2D eigenvalue weighted by Crippen LogP contribution is -2.40. The van der Waals surface area contributed by atoms with Crippen LogP contribution < -0.4 is 0 Å². The largest absolute Gasteiger partial charge is 0.366 e. The summed E-state index contributed by atoms with van der Waals surface area (Å²) in [5, 5.41) is 0. The molecule has 0 amide bonds. The van der Waals surface area contributed by atoms with Crippen LogP contribution in [0.3, 0.4) is 0 Å². The van der Waals surface area contributed by atoms with Crippen LogP contribution in [0.2, 0.25) is 0 Å². The van der Waals surface area contributed by atoms with Gasteiger partial charge in [-0.15, -0.1) is 0 Å². The number of rotatable bonds is 2. The second kappa shape index (κ2) is 2.57. The Morgan fingerprint density at radius 2 is 2.15 bits per heavy atom. The summed E-state index contributed by atoms with van der Waals surface area (Å²) in [6.07, 6.45) is 4.48. The first kappa shape index (κ1) is 9.20. The molecule has 13 heavy (non-hydrogen) atoms. The predicted octanol–water partition coefficient (Wildman–Crippen LogP) is 2.17. The molecule has 0 aromatic carbocycles. The number of carbonyl (C=O) groups excluding carboxylic acids is 1. The Kier molecular flexibility index (Phi) is 1.82. The van der Waals surface area contributed by atoms with Crippen molar-refractivity contribution in [3.05, 3.63) is 0 Å². The average molecular weight is 182 g/mol. The van der Waals surface area contributed by atoms with Gasteiger partial charge in [0, 0.05) is 12.3 Å². The normalized spacial score (nSPS) is 46.7. The topological polar surface area (TPSA) is 29.6 Å². The molecule has 1 aliphatic carbocycles. The maximum Gasteiger partial charge on any atom is 0.120 e. The zero-order valence-electron chi connectivity index (χ0n) is 8.67. The quantitative estimate of drug-likeness (QED) is 0.484. The van der Waals surface area contributed by atoms with Crippen molar-refractivity contribution in [1.82, 2.24) is 0 Å². The van der Waals surface area contributed by atoms with E-state index in [-0.39, 0.29) is 11.0 Å². The van der Waals surface area contributed by atoms with Crippen molar-refractivity contribution in [2.45, 2.75) is 51.7 Å². The molecule has 0 bridgehead atoms. The van der Waals surface area contributed by atoms with Gasteiger partial charge < -0.3 is 9.53 Å². The maximum absolute atomic E-state index is 10.6. The van der Waals surface area contributed by atoms with Crippen LogP contribution in [0, 0.1) is 11.3 Å². The smallest absolute Gasteiger partial charge is 0.120 e. The molecule has 1 unspecified atom stereocenters. The zero-order valence-corrected chi connectivity index (χ0v) is 8.67. The Balaban J connectivity index is 2.20. The number of aldehydes is 1. The van der Waals surface area contributed by atoms with Gasteiger partial charge in [0.05, 0.1) is 11.7 Å². The Labute approximate surface area is 79.7 Å². The minimum absolute atomic E-state index is 0.0165. The van der Waals surface area contributed by atoms with Gasteiger partial charge in [-0.25, -0.2) is 0 Å². The van der Waals surface area contributed by atoms with Gasteiger partial charge >= 0.3 is 0 Å². The second-order valence-electron chi connectivity index (χ2n) is 5.27. The first-order chi connectivity index (χ1) is 6.00. The van der Waals surface area contributed by atoms with Crippen molar-refractivity contribution >= 4 is 6.29 Å². The van der Waals surface area contributed by atoms with Gasteiger partial charge in [-0.2, -0.15) is 0 Å². The minimum atomic E-state index is 0.0165. The van der Waals surface area contributed by atoms with Gasteiger partial charge in [-0.3, -0.25) is 0 Å². The molecule has 0 spiro atoms. The van der Waals surface area contributed by atoms with E-state index in [9.17, 15) is 4.79 Å². The molecular weight excluding hydrogens is 164 g/mol. The summed E-state index contributed by atoms with van der Waals surface area (Å²) in [4.78, 5) is 10.6. The number of ether oxygens (including phenoxy) is 1. The van der Waals surface area contributed by atoms with Gasteiger partial charge in [0.1, 0.15) is 6.29 Å². The molecule has 1 aliphatic heterocycles. The molecule has 0 radical (unpaired) electrons. The van der Waals surface area contributed by atoms with E-state index in [0.29, 0.717) is 18.4 Å². The van der Waals surface area contributed by atoms with E-state index in [0.717, 1.165) is 6.29 Å². The first-order valence-corrected chi connectivity index (χ1v) is 5.12. The molecule has 0 N–H and O–H groups in total. The Bertz CT molecular complexity index is 229. The lowest BCUT2D eigenvalue weighted by atomic mass is 9.63. The molecule has 2 fully saturated rings. The van der Waals surface area contributed by atoms with Gasteiger partial charge in [-0.05, 0) is 25.2 Å². The Hall–Kier alpha value is -0.370. The fourth-order valence-corrected chi connectivity index (χ4v) is 3.03. The third-order valence-electron chi connectivity index (χ3n) is 4.00. The van der Waals surface area contributed by atoms with E-state index in [1.807, 2.05) is 0 Å². The summed E-state index contributed by atoms with van der Waals surface area (Å²) in [5.41, 5.74) is 0.283. The van der Waals surface area contributed by atoms with Crippen molar-refractivity contribution < 1.29 is 9.53 Å². The highest BCUT2D eigenvalue weighted by molar-refractivity contribution is 5.51. The molecule has 2 rings (SSSR count). The molecule has 2 nitrogen and oxygen atoms in total. The maximum atomic E-state index is 10.6. The van der Waals surface area contributed by atoms with Gasteiger partial charge in [0.25, 0.3) is 0 Å². The fraction of sp³-hybridized carbons (Fsp3) is 0.909. The summed E-state index contributed by atoms with van der Waals surface area (Å²) < 4.78 is 5.71. The number of carbonyl (C=O) groups is 1. The van der Waals surface area contributed by atoms with Crippen molar-refractivity contribution in [2.75, 3.05) is 0 Å². The van der Waals surface area contributed by atoms with Crippen molar-refractivity contribution in [2.24, 2.45) is 11.3 Å². The van der Waals surface area contributed by atoms with Gasteiger partial charge in [0.15, 0.2) is 0 Å². The Morgan fingerprint density at radius 3 is 2.77 bits per heavy atom. The summed E-state index contributed by atoms with van der Waals surface area (Å²) in [7, 11) is 0. The van der Waals surface area contributed by atoms with Crippen LogP contribution >= 0.6 is 0 Å². The fourth-order valence-electron chi connectivity index (χ4n) is 3.03. The summed E-state index contributed by atoms with van der Waals surface area (Å²) in [6.45, 7) is 6.67. The zero-order chi connectivity index (χ0) is 9.69. The molecule has 2 heteroatoms. The summed E-state index contributed by atoms with van der Waals surface area (Å²) in [6, 6.07) is 0. The highest BCUT2D eigenvalue weighted by atomic mass is 16.6. The van der Waals surface area contributed by atoms with Gasteiger partial charge in [0.2, 0.25) is 0 Å². The lowest BCUT2D eigenvalue weighted by molar-refractivity contribution is -0.110. The van der Waals surface area contributed by atoms with Crippen LogP contribution in [0.25, 0.3) is 0 Å². The molecule has 74 valence electrons. The summed E-state index contributed by atoms with van der Waals surface area (Å²) in [5.74, 6) is 0.413. The molecule has 1 saturated carbocycles. The molecule has 0 aromatic rings. The van der Waals surface area contributed by atoms with Crippen LogP contribution in [-0.2, 0) is 9.53 Å². The third-order valence-corrected chi connectivity index (χ3v) is 4.00. The van der Waals surface area contributed by atoms with Crippen molar-refractivity contribution in [1.29, 1.82) is 0 Å². The molecule has 3 atom stereocenters. The highest BCUT2D eigenvalue weighted by Gasteiger charge is 2.63. The second-order valence-corrected chi connectivity index (χ2v) is 5.27. The van der Waals surface area contributed by atoms with Crippen LogP contribution in [0.15, 0.2) is 0 Å². The third kappa shape index (κ3) is 1.23. The van der Waals surface area contributed by atoms with Crippen LogP contribution in [-0.4, -0.2) is 18.0 Å². The molecule has 2 aliphatic rings. The number of epoxide rings is 1. The monoisotopic (exact) mass is 182 g/mol. The SMILES string of the molecule is CC1(C)CC[C@@H]2O[C@]2(C)C1CC=O.